The van der Waals surface area contributed by atoms with Crippen LogP contribution in [-0.2, 0) is 6.42 Å². The molecule has 2 heteroatoms. The van der Waals surface area contributed by atoms with Crippen LogP contribution in [0.15, 0.2) is 36.5 Å². The number of benzene rings is 1. The molecule has 13 heavy (non-hydrogen) atoms. The molecule has 0 unspecified atom stereocenters. The Morgan fingerprint density at radius 1 is 1.23 bits per heavy atom. The number of nitrogens with zero attached hydrogens (tertiary/aromatic N) is 1. The minimum absolute atomic E-state index is 0.665. The summed E-state index contributed by atoms with van der Waals surface area (Å²) in [5, 5.41) is 1.18. The van der Waals surface area contributed by atoms with E-state index in [1.54, 1.807) is 0 Å². The molecule has 0 fully saturated rings. The van der Waals surface area contributed by atoms with E-state index in [0.717, 1.165) is 11.9 Å². The molecule has 0 atom stereocenters. The topological polar surface area (TPSA) is 12.9 Å². The summed E-state index contributed by atoms with van der Waals surface area (Å²) in [6.07, 6.45) is 2.72. The van der Waals surface area contributed by atoms with Gasteiger partial charge in [-0.25, -0.2) is 0 Å². The normalized spacial score (nSPS) is 10.5. The highest BCUT2D eigenvalue weighted by Crippen LogP contribution is 2.13. The van der Waals surface area contributed by atoms with Gasteiger partial charge in [-0.1, -0.05) is 18.2 Å². The molecule has 66 valence electrons. The average molecular weight is 192 g/mol. The fourth-order valence-corrected chi connectivity index (χ4v) is 1.59. The van der Waals surface area contributed by atoms with Crippen LogP contribution in [0.5, 0.6) is 0 Å². The number of alkyl halides is 1. The summed E-state index contributed by atoms with van der Waals surface area (Å²) in [6, 6.07) is 10.3. The van der Waals surface area contributed by atoms with Gasteiger partial charge in [0.25, 0.3) is 0 Å². The predicted molar refractivity (Wildman–Crippen MR) is 56.2 cm³/mol. The highest BCUT2D eigenvalue weighted by atomic mass is 35.5. The molecule has 2 aromatic rings. The quantitative estimate of drug-likeness (QED) is 0.665. The van der Waals surface area contributed by atoms with Crippen LogP contribution in [0.4, 0.5) is 0 Å². The van der Waals surface area contributed by atoms with Gasteiger partial charge in [-0.15, -0.1) is 11.6 Å². The first-order chi connectivity index (χ1) is 6.40. The summed E-state index contributed by atoms with van der Waals surface area (Å²) in [5.74, 6) is 0.665. The molecule has 2 rings (SSSR count). The summed E-state index contributed by atoms with van der Waals surface area (Å²) in [5.41, 5.74) is 2.30. The van der Waals surface area contributed by atoms with E-state index in [9.17, 15) is 0 Å². The highest BCUT2D eigenvalue weighted by molar-refractivity contribution is 6.18. The van der Waals surface area contributed by atoms with Gasteiger partial charge in [0.05, 0.1) is 5.52 Å². The zero-order chi connectivity index (χ0) is 9.10. The Morgan fingerprint density at radius 2 is 2.15 bits per heavy atom. The SMILES string of the molecule is ClCCc1ccc2cccnc2c1. The average Bonchev–Trinajstić information content (AvgIpc) is 2.18. The monoisotopic (exact) mass is 191 g/mol. The third-order valence-electron chi connectivity index (χ3n) is 2.05. The smallest absolute Gasteiger partial charge is 0.0704 e. The van der Waals surface area contributed by atoms with Crippen molar-refractivity contribution in [3.63, 3.8) is 0 Å². The van der Waals surface area contributed by atoms with Crippen LogP contribution in [0.1, 0.15) is 5.56 Å². The molecule has 0 N–H and O–H groups in total. The van der Waals surface area contributed by atoms with Crippen molar-refractivity contribution < 1.29 is 0 Å². The maximum absolute atomic E-state index is 5.67. The van der Waals surface area contributed by atoms with Gasteiger partial charge < -0.3 is 0 Å². The Hall–Kier alpha value is -1.08. The van der Waals surface area contributed by atoms with E-state index in [1.165, 1.54) is 10.9 Å². The Morgan fingerprint density at radius 3 is 3.00 bits per heavy atom. The molecule has 1 aromatic heterocycles. The molecule has 0 bridgehead atoms. The molecule has 0 radical (unpaired) electrons. The summed E-state index contributed by atoms with van der Waals surface area (Å²) in [4.78, 5) is 4.28. The number of aryl methyl sites for hydroxylation is 1. The lowest BCUT2D eigenvalue weighted by molar-refractivity contribution is 1.15. The van der Waals surface area contributed by atoms with E-state index in [-0.39, 0.29) is 0 Å². The highest BCUT2D eigenvalue weighted by Gasteiger charge is 1.95. The second-order valence-corrected chi connectivity index (χ2v) is 3.35. The minimum Gasteiger partial charge on any atom is -0.256 e. The van der Waals surface area contributed by atoms with Crippen LogP contribution in [0.25, 0.3) is 10.9 Å². The summed E-state index contributed by atoms with van der Waals surface area (Å²) < 4.78 is 0. The molecule has 0 saturated carbocycles. The van der Waals surface area contributed by atoms with Gasteiger partial charge in [0.15, 0.2) is 0 Å². The van der Waals surface area contributed by atoms with Gasteiger partial charge in [-0.2, -0.15) is 0 Å². The van der Waals surface area contributed by atoms with Crippen molar-refractivity contribution in [2.75, 3.05) is 5.88 Å². The zero-order valence-electron chi connectivity index (χ0n) is 7.20. The van der Waals surface area contributed by atoms with Crippen LogP contribution in [0.2, 0.25) is 0 Å². The van der Waals surface area contributed by atoms with E-state index in [4.69, 9.17) is 11.6 Å². The van der Waals surface area contributed by atoms with Crippen molar-refractivity contribution in [3.8, 4) is 0 Å². The Bertz CT molecular complexity index is 412. The summed E-state index contributed by atoms with van der Waals surface area (Å²) in [6.45, 7) is 0. The second-order valence-electron chi connectivity index (χ2n) is 2.97. The van der Waals surface area contributed by atoms with Crippen LogP contribution >= 0.6 is 11.6 Å². The Kier molecular flexibility index (Phi) is 2.46. The molecule has 0 spiro atoms. The standard InChI is InChI=1S/C11H10ClN/c12-6-5-9-3-4-10-2-1-7-13-11(10)8-9/h1-4,7-8H,5-6H2. The molecule has 0 aliphatic heterocycles. The molecular weight excluding hydrogens is 182 g/mol. The summed E-state index contributed by atoms with van der Waals surface area (Å²) >= 11 is 5.67. The molecular formula is C11H10ClN. The zero-order valence-corrected chi connectivity index (χ0v) is 7.96. The van der Waals surface area contributed by atoms with Gasteiger partial charge in [0.1, 0.15) is 0 Å². The van der Waals surface area contributed by atoms with Gasteiger partial charge in [-0.3, -0.25) is 4.98 Å². The fraction of sp³-hybridized carbons (Fsp3) is 0.182. The minimum atomic E-state index is 0.665. The van der Waals surface area contributed by atoms with E-state index in [1.807, 2.05) is 12.3 Å². The Balaban J connectivity index is 2.49. The van der Waals surface area contributed by atoms with E-state index in [2.05, 4.69) is 29.2 Å². The van der Waals surface area contributed by atoms with Crippen molar-refractivity contribution >= 4 is 22.5 Å². The molecule has 0 saturated heterocycles. The number of rotatable bonds is 2. The van der Waals surface area contributed by atoms with Gasteiger partial charge in [0, 0.05) is 17.5 Å². The number of fused-ring (bicyclic) bond motifs is 1. The van der Waals surface area contributed by atoms with Crippen LogP contribution in [0, 0.1) is 0 Å². The van der Waals surface area contributed by atoms with E-state index < -0.39 is 0 Å². The second kappa shape index (κ2) is 3.75. The van der Waals surface area contributed by atoms with Crippen LogP contribution in [0.3, 0.4) is 0 Å². The van der Waals surface area contributed by atoms with Crippen molar-refractivity contribution in [1.82, 2.24) is 4.98 Å². The molecule has 0 aliphatic rings. The molecule has 0 amide bonds. The van der Waals surface area contributed by atoms with E-state index in [0.29, 0.717) is 5.88 Å². The van der Waals surface area contributed by atoms with Crippen LogP contribution < -0.4 is 0 Å². The molecule has 1 aromatic carbocycles. The first-order valence-electron chi connectivity index (χ1n) is 4.30. The van der Waals surface area contributed by atoms with Crippen molar-refractivity contribution in [1.29, 1.82) is 0 Å². The third kappa shape index (κ3) is 1.81. The van der Waals surface area contributed by atoms with Gasteiger partial charge in [-0.05, 0) is 24.1 Å². The van der Waals surface area contributed by atoms with Gasteiger partial charge in [0.2, 0.25) is 0 Å². The maximum atomic E-state index is 5.67. The lowest BCUT2D eigenvalue weighted by atomic mass is 10.1. The predicted octanol–water partition coefficient (Wildman–Crippen LogP) is 3.02. The van der Waals surface area contributed by atoms with Crippen molar-refractivity contribution in [2.24, 2.45) is 0 Å². The number of halogens is 1. The molecule has 1 heterocycles. The number of pyridine rings is 1. The van der Waals surface area contributed by atoms with Crippen molar-refractivity contribution in [2.45, 2.75) is 6.42 Å². The summed E-state index contributed by atoms with van der Waals surface area (Å²) in [7, 11) is 0. The first-order valence-corrected chi connectivity index (χ1v) is 4.83. The number of hydrogen-bond acceptors (Lipinski definition) is 1. The van der Waals surface area contributed by atoms with E-state index >= 15 is 0 Å². The Labute approximate surface area is 82.4 Å². The van der Waals surface area contributed by atoms with Gasteiger partial charge >= 0.3 is 0 Å². The fourth-order valence-electron chi connectivity index (χ4n) is 1.38. The van der Waals surface area contributed by atoms with Crippen LogP contribution in [-0.4, -0.2) is 10.9 Å². The first kappa shape index (κ1) is 8.52. The lowest BCUT2D eigenvalue weighted by Gasteiger charge is -1.99. The molecule has 1 nitrogen and oxygen atoms in total. The largest absolute Gasteiger partial charge is 0.256 e. The third-order valence-corrected chi connectivity index (χ3v) is 2.24. The lowest BCUT2D eigenvalue weighted by Crippen LogP contribution is -1.86. The number of aromatic nitrogens is 1. The maximum Gasteiger partial charge on any atom is 0.0704 e. The number of hydrogen-bond donors (Lipinski definition) is 0. The van der Waals surface area contributed by atoms with Crippen molar-refractivity contribution in [3.05, 3.63) is 42.1 Å². The molecule has 0 aliphatic carbocycles.